The smallest absolute Gasteiger partial charge is 0.154 e. The molecule has 0 atom stereocenters. The first kappa shape index (κ1) is 8.12. The number of hydrogen-bond acceptors (Lipinski definition) is 1. The Hall–Kier alpha value is -1.22. The van der Waals surface area contributed by atoms with Gasteiger partial charge in [0.15, 0.2) is 5.58 Å². The van der Waals surface area contributed by atoms with Crippen LogP contribution in [0.1, 0.15) is 0 Å². The molecule has 2 heterocycles. The summed E-state index contributed by atoms with van der Waals surface area (Å²) in [5.41, 5.74) is 3.02. The van der Waals surface area contributed by atoms with Crippen LogP contribution < -0.4 is 0 Å². The molecule has 3 heteroatoms. The minimum atomic E-state index is 0.931. The lowest BCUT2D eigenvalue weighted by molar-refractivity contribution is 0.669. The maximum Gasteiger partial charge on any atom is 0.154 e. The fraction of sp³-hybridized carbons (Fsp3) is 0.0909. The van der Waals surface area contributed by atoms with Crippen LogP contribution in [-0.4, -0.2) is 4.57 Å². The number of aromatic nitrogens is 1. The van der Waals surface area contributed by atoms with Gasteiger partial charge in [-0.05, 0) is 28.1 Å². The summed E-state index contributed by atoms with van der Waals surface area (Å²) in [5.74, 6) is 0. The van der Waals surface area contributed by atoms with Gasteiger partial charge in [-0.15, -0.1) is 0 Å². The highest BCUT2D eigenvalue weighted by Gasteiger charge is 2.11. The highest BCUT2D eigenvalue weighted by molar-refractivity contribution is 9.10. The SMILES string of the molecule is Cn1c(Br)cc2oc3ccccc3c21. The Morgan fingerprint density at radius 3 is 2.86 bits per heavy atom. The van der Waals surface area contributed by atoms with Gasteiger partial charge in [0.25, 0.3) is 0 Å². The number of aryl methyl sites for hydroxylation is 1. The summed E-state index contributed by atoms with van der Waals surface area (Å²) in [5, 5.41) is 1.16. The van der Waals surface area contributed by atoms with Crippen molar-refractivity contribution >= 4 is 38.0 Å². The summed E-state index contributed by atoms with van der Waals surface area (Å²) in [7, 11) is 2.02. The molecule has 0 bridgehead atoms. The van der Waals surface area contributed by atoms with E-state index in [0.717, 1.165) is 26.7 Å². The molecule has 2 aromatic heterocycles. The van der Waals surface area contributed by atoms with Crippen LogP contribution in [0, 0.1) is 0 Å². The van der Waals surface area contributed by atoms with Crippen molar-refractivity contribution in [2.24, 2.45) is 7.05 Å². The molecule has 0 aliphatic heterocycles. The molecule has 0 fully saturated rings. The highest BCUT2D eigenvalue weighted by atomic mass is 79.9. The summed E-state index contributed by atoms with van der Waals surface area (Å²) >= 11 is 3.48. The Kier molecular flexibility index (Phi) is 1.53. The van der Waals surface area contributed by atoms with E-state index in [-0.39, 0.29) is 0 Å². The van der Waals surface area contributed by atoms with Crippen molar-refractivity contribution in [1.82, 2.24) is 4.57 Å². The van der Waals surface area contributed by atoms with Crippen LogP contribution in [0.25, 0.3) is 22.1 Å². The van der Waals surface area contributed by atoms with Crippen molar-refractivity contribution in [3.8, 4) is 0 Å². The lowest BCUT2D eigenvalue weighted by Gasteiger charge is -1.94. The molecular formula is C11H8BrNO. The van der Waals surface area contributed by atoms with Gasteiger partial charge in [-0.25, -0.2) is 0 Å². The van der Waals surface area contributed by atoms with Crippen molar-refractivity contribution in [3.63, 3.8) is 0 Å². The standard InChI is InChI=1S/C11H8BrNO/c1-13-10(12)6-9-11(13)7-4-2-3-5-8(7)14-9/h2-6H,1H3. The number of rotatable bonds is 0. The average Bonchev–Trinajstić information content (AvgIpc) is 2.65. The number of fused-ring (bicyclic) bond motifs is 3. The highest BCUT2D eigenvalue weighted by Crippen LogP contribution is 2.32. The normalized spacial score (nSPS) is 11.6. The van der Waals surface area contributed by atoms with Crippen molar-refractivity contribution < 1.29 is 4.42 Å². The van der Waals surface area contributed by atoms with E-state index in [1.807, 2.05) is 31.3 Å². The predicted octanol–water partition coefficient (Wildman–Crippen LogP) is 3.69. The Labute approximate surface area is 89.2 Å². The van der Waals surface area contributed by atoms with Crippen LogP contribution in [0.15, 0.2) is 39.4 Å². The second-order valence-electron chi connectivity index (χ2n) is 3.34. The Balaban J connectivity index is 2.62. The Bertz CT molecular complexity index is 621. The fourth-order valence-corrected chi connectivity index (χ4v) is 2.19. The zero-order valence-electron chi connectivity index (χ0n) is 7.62. The summed E-state index contributed by atoms with van der Waals surface area (Å²) in [4.78, 5) is 0. The molecule has 0 amide bonds. The topological polar surface area (TPSA) is 18.1 Å². The lowest BCUT2D eigenvalue weighted by atomic mass is 10.2. The van der Waals surface area contributed by atoms with Gasteiger partial charge < -0.3 is 8.98 Å². The van der Waals surface area contributed by atoms with E-state index < -0.39 is 0 Å². The fourth-order valence-electron chi connectivity index (χ4n) is 1.81. The number of nitrogens with zero attached hydrogens (tertiary/aromatic N) is 1. The van der Waals surface area contributed by atoms with Crippen molar-refractivity contribution in [2.75, 3.05) is 0 Å². The first-order chi connectivity index (χ1) is 6.77. The second kappa shape index (κ2) is 2.64. The molecule has 0 aliphatic rings. The third kappa shape index (κ3) is 0.904. The molecule has 70 valence electrons. The first-order valence-electron chi connectivity index (χ1n) is 4.40. The van der Waals surface area contributed by atoms with Crippen LogP contribution >= 0.6 is 15.9 Å². The second-order valence-corrected chi connectivity index (χ2v) is 4.15. The van der Waals surface area contributed by atoms with Gasteiger partial charge in [-0.3, -0.25) is 0 Å². The lowest BCUT2D eigenvalue weighted by Crippen LogP contribution is -1.85. The van der Waals surface area contributed by atoms with E-state index in [0.29, 0.717) is 0 Å². The quantitative estimate of drug-likeness (QED) is 0.595. The minimum absolute atomic E-state index is 0.931. The largest absolute Gasteiger partial charge is 0.454 e. The van der Waals surface area contributed by atoms with Gasteiger partial charge in [-0.1, -0.05) is 12.1 Å². The molecule has 1 aromatic carbocycles. The van der Waals surface area contributed by atoms with Crippen LogP contribution in [0.2, 0.25) is 0 Å². The Morgan fingerprint density at radius 2 is 2.00 bits per heavy atom. The number of hydrogen-bond donors (Lipinski definition) is 0. The van der Waals surface area contributed by atoms with E-state index >= 15 is 0 Å². The molecule has 0 spiro atoms. The molecular weight excluding hydrogens is 242 g/mol. The number of para-hydroxylation sites is 1. The van der Waals surface area contributed by atoms with Crippen LogP contribution in [-0.2, 0) is 7.05 Å². The maximum absolute atomic E-state index is 5.70. The van der Waals surface area contributed by atoms with E-state index in [1.165, 1.54) is 0 Å². The van der Waals surface area contributed by atoms with Gasteiger partial charge >= 0.3 is 0 Å². The minimum Gasteiger partial charge on any atom is -0.454 e. The van der Waals surface area contributed by atoms with Gasteiger partial charge in [0.05, 0.1) is 10.1 Å². The summed E-state index contributed by atoms with van der Waals surface area (Å²) < 4.78 is 8.83. The molecule has 0 saturated carbocycles. The number of benzene rings is 1. The van der Waals surface area contributed by atoms with E-state index in [4.69, 9.17) is 4.42 Å². The monoisotopic (exact) mass is 249 g/mol. The van der Waals surface area contributed by atoms with Gasteiger partial charge in [0, 0.05) is 18.5 Å². The average molecular weight is 250 g/mol. The predicted molar refractivity (Wildman–Crippen MR) is 60.4 cm³/mol. The first-order valence-corrected chi connectivity index (χ1v) is 5.19. The number of furan rings is 1. The third-order valence-corrected chi connectivity index (χ3v) is 3.26. The van der Waals surface area contributed by atoms with Gasteiger partial charge in [0.1, 0.15) is 5.58 Å². The number of halogens is 1. The molecule has 2 nitrogen and oxygen atoms in total. The van der Waals surface area contributed by atoms with E-state index in [1.54, 1.807) is 0 Å². The van der Waals surface area contributed by atoms with E-state index in [2.05, 4.69) is 26.6 Å². The molecule has 0 aliphatic carbocycles. The molecule has 3 aromatic rings. The third-order valence-electron chi connectivity index (χ3n) is 2.50. The van der Waals surface area contributed by atoms with Crippen LogP contribution in [0.5, 0.6) is 0 Å². The van der Waals surface area contributed by atoms with Crippen molar-refractivity contribution in [1.29, 1.82) is 0 Å². The molecule has 0 saturated heterocycles. The van der Waals surface area contributed by atoms with Gasteiger partial charge in [0.2, 0.25) is 0 Å². The maximum atomic E-state index is 5.70. The summed E-state index contributed by atoms with van der Waals surface area (Å²) in [6.45, 7) is 0. The zero-order valence-corrected chi connectivity index (χ0v) is 9.21. The van der Waals surface area contributed by atoms with Crippen molar-refractivity contribution in [3.05, 3.63) is 34.9 Å². The summed E-state index contributed by atoms with van der Waals surface area (Å²) in [6, 6.07) is 10.1. The molecule has 0 unspecified atom stereocenters. The molecule has 0 radical (unpaired) electrons. The van der Waals surface area contributed by atoms with E-state index in [9.17, 15) is 0 Å². The van der Waals surface area contributed by atoms with Crippen LogP contribution in [0.3, 0.4) is 0 Å². The Morgan fingerprint density at radius 1 is 1.21 bits per heavy atom. The zero-order chi connectivity index (χ0) is 9.71. The molecule has 14 heavy (non-hydrogen) atoms. The molecule has 0 N–H and O–H groups in total. The van der Waals surface area contributed by atoms with Crippen LogP contribution in [0.4, 0.5) is 0 Å². The van der Waals surface area contributed by atoms with Crippen molar-refractivity contribution in [2.45, 2.75) is 0 Å². The van der Waals surface area contributed by atoms with Gasteiger partial charge in [-0.2, -0.15) is 0 Å². The molecule has 3 rings (SSSR count). The summed E-state index contributed by atoms with van der Waals surface area (Å²) in [6.07, 6.45) is 0.